The zero-order valence-electron chi connectivity index (χ0n) is 12.8. The van der Waals surface area contributed by atoms with Crippen LogP contribution in [-0.4, -0.2) is 29.7 Å². The van der Waals surface area contributed by atoms with Gasteiger partial charge in [0.1, 0.15) is 16.4 Å². The van der Waals surface area contributed by atoms with E-state index in [4.69, 9.17) is 14.2 Å². The minimum Gasteiger partial charge on any atom is -0.497 e. The minimum atomic E-state index is -3.96. The van der Waals surface area contributed by atoms with Crippen LogP contribution in [0.1, 0.15) is 0 Å². The van der Waals surface area contributed by atoms with Crippen LogP contribution < -0.4 is 18.9 Å². The molecule has 6 nitrogen and oxygen atoms in total. The summed E-state index contributed by atoms with van der Waals surface area (Å²) in [5.41, 5.74) is 0.0705. The highest BCUT2D eigenvalue weighted by Crippen LogP contribution is 2.30. The van der Waals surface area contributed by atoms with Crippen molar-refractivity contribution in [3.63, 3.8) is 0 Å². The quantitative estimate of drug-likeness (QED) is 0.874. The Labute approximate surface area is 133 Å². The Morgan fingerprint density at radius 2 is 1.61 bits per heavy atom. The van der Waals surface area contributed by atoms with Crippen molar-refractivity contribution in [1.29, 1.82) is 0 Å². The Hall–Kier alpha value is -2.48. The molecule has 0 unspecified atom stereocenters. The second kappa shape index (κ2) is 6.74. The van der Waals surface area contributed by atoms with Crippen LogP contribution in [0.15, 0.2) is 41.3 Å². The van der Waals surface area contributed by atoms with Gasteiger partial charge in [0.05, 0.1) is 27.0 Å². The molecule has 1 N–H and O–H groups in total. The third-order valence-electron chi connectivity index (χ3n) is 3.06. The van der Waals surface area contributed by atoms with E-state index in [2.05, 4.69) is 4.72 Å². The van der Waals surface area contributed by atoms with Gasteiger partial charge in [-0.2, -0.15) is 0 Å². The molecule has 0 amide bonds. The van der Waals surface area contributed by atoms with Crippen LogP contribution in [0.4, 0.5) is 10.1 Å². The molecular formula is C15H16FNO5S. The van der Waals surface area contributed by atoms with Crippen LogP contribution >= 0.6 is 0 Å². The van der Waals surface area contributed by atoms with Crippen LogP contribution in [-0.2, 0) is 10.0 Å². The van der Waals surface area contributed by atoms with E-state index in [0.29, 0.717) is 5.75 Å². The molecule has 0 aliphatic heterocycles. The van der Waals surface area contributed by atoms with Crippen LogP contribution in [0.25, 0.3) is 0 Å². The van der Waals surface area contributed by atoms with Crippen molar-refractivity contribution in [3.05, 3.63) is 42.2 Å². The summed E-state index contributed by atoms with van der Waals surface area (Å²) in [4.78, 5) is -0.0861. The molecular weight excluding hydrogens is 325 g/mol. The number of rotatable bonds is 6. The van der Waals surface area contributed by atoms with Crippen molar-refractivity contribution in [1.82, 2.24) is 0 Å². The van der Waals surface area contributed by atoms with Crippen LogP contribution in [0, 0.1) is 5.82 Å². The van der Waals surface area contributed by atoms with Crippen molar-refractivity contribution >= 4 is 15.7 Å². The molecule has 8 heteroatoms. The van der Waals surface area contributed by atoms with Crippen LogP contribution in [0.3, 0.4) is 0 Å². The van der Waals surface area contributed by atoms with E-state index in [9.17, 15) is 12.8 Å². The summed E-state index contributed by atoms with van der Waals surface area (Å²) >= 11 is 0. The van der Waals surface area contributed by atoms with E-state index < -0.39 is 15.8 Å². The fraction of sp³-hybridized carbons (Fsp3) is 0.200. The van der Waals surface area contributed by atoms with Gasteiger partial charge in [0, 0.05) is 12.1 Å². The van der Waals surface area contributed by atoms with Crippen LogP contribution in [0.5, 0.6) is 17.2 Å². The number of anilines is 1. The van der Waals surface area contributed by atoms with E-state index in [1.807, 2.05) is 0 Å². The Bertz CT molecular complexity index is 808. The van der Waals surface area contributed by atoms with Gasteiger partial charge in [0.15, 0.2) is 11.6 Å². The first kappa shape index (κ1) is 16.9. The topological polar surface area (TPSA) is 73.9 Å². The van der Waals surface area contributed by atoms with E-state index in [-0.39, 0.29) is 22.1 Å². The Kier molecular flexibility index (Phi) is 4.95. The number of hydrogen-bond acceptors (Lipinski definition) is 5. The molecule has 0 radical (unpaired) electrons. The molecule has 0 aliphatic rings. The summed E-state index contributed by atoms with van der Waals surface area (Å²) in [6.07, 6.45) is 0. The maximum Gasteiger partial charge on any atom is 0.265 e. The largest absolute Gasteiger partial charge is 0.497 e. The predicted molar refractivity (Wildman–Crippen MR) is 83.3 cm³/mol. The van der Waals surface area contributed by atoms with E-state index in [1.165, 1.54) is 51.7 Å². The van der Waals surface area contributed by atoms with E-state index >= 15 is 0 Å². The third kappa shape index (κ3) is 3.65. The molecule has 2 aromatic carbocycles. The standard InChI is InChI=1S/C15H16FNO5S/c1-20-11-5-7-15(14(9-11)22-3)23(18,19)17-10-4-6-13(21-2)12(16)8-10/h4-9,17H,1-3H3. The molecule has 0 spiro atoms. The summed E-state index contributed by atoms with van der Waals surface area (Å²) in [6.45, 7) is 0. The van der Waals surface area contributed by atoms with E-state index in [1.54, 1.807) is 0 Å². The predicted octanol–water partition coefficient (Wildman–Crippen LogP) is 2.65. The average Bonchev–Trinajstić information content (AvgIpc) is 2.54. The number of benzene rings is 2. The lowest BCUT2D eigenvalue weighted by Crippen LogP contribution is -2.14. The second-order valence-electron chi connectivity index (χ2n) is 4.47. The first-order valence-corrected chi connectivity index (χ1v) is 7.98. The number of nitrogens with one attached hydrogen (secondary N) is 1. The lowest BCUT2D eigenvalue weighted by atomic mass is 10.3. The van der Waals surface area contributed by atoms with Gasteiger partial charge in [-0.25, -0.2) is 12.8 Å². The van der Waals surface area contributed by atoms with Gasteiger partial charge in [0.25, 0.3) is 10.0 Å². The van der Waals surface area contributed by atoms with Crippen molar-refractivity contribution in [2.24, 2.45) is 0 Å². The van der Waals surface area contributed by atoms with Crippen molar-refractivity contribution in [2.45, 2.75) is 4.90 Å². The average molecular weight is 341 g/mol. The summed E-state index contributed by atoms with van der Waals surface area (Å²) in [7, 11) is 0.176. The molecule has 0 fully saturated rings. The molecule has 0 aromatic heterocycles. The molecule has 0 saturated carbocycles. The smallest absolute Gasteiger partial charge is 0.265 e. The zero-order chi connectivity index (χ0) is 17.0. The summed E-state index contributed by atoms with van der Waals surface area (Å²) in [6, 6.07) is 8.05. The van der Waals surface area contributed by atoms with Crippen molar-refractivity contribution in [2.75, 3.05) is 26.1 Å². The third-order valence-corrected chi connectivity index (χ3v) is 4.49. The summed E-state index contributed by atoms with van der Waals surface area (Å²) in [5, 5.41) is 0. The normalized spacial score (nSPS) is 11.0. The fourth-order valence-electron chi connectivity index (χ4n) is 1.94. The van der Waals surface area contributed by atoms with Gasteiger partial charge >= 0.3 is 0 Å². The highest BCUT2D eigenvalue weighted by molar-refractivity contribution is 7.92. The highest BCUT2D eigenvalue weighted by Gasteiger charge is 2.21. The second-order valence-corrected chi connectivity index (χ2v) is 6.12. The molecule has 2 rings (SSSR count). The van der Waals surface area contributed by atoms with Crippen molar-refractivity contribution < 1.29 is 27.0 Å². The molecule has 0 atom stereocenters. The Morgan fingerprint density at radius 1 is 0.913 bits per heavy atom. The number of methoxy groups -OCH3 is 3. The highest BCUT2D eigenvalue weighted by atomic mass is 32.2. The number of hydrogen-bond donors (Lipinski definition) is 1. The van der Waals surface area contributed by atoms with Gasteiger partial charge in [0.2, 0.25) is 0 Å². The lowest BCUT2D eigenvalue weighted by Gasteiger charge is -2.13. The Morgan fingerprint density at radius 3 is 2.17 bits per heavy atom. The van der Waals surface area contributed by atoms with Gasteiger partial charge < -0.3 is 14.2 Å². The molecule has 0 saturated heterocycles. The van der Waals surface area contributed by atoms with E-state index in [0.717, 1.165) is 6.07 Å². The van der Waals surface area contributed by atoms with Gasteiger partial charge in [-0.1, -0.05) is 0 Å². The Balaban J connectivity index is 2.37. The molecule has 0 bridgehead atoms. The van der Waals surface area contributed by atoms with Gasteiger partial charge in [-0.15, -0.1) is 0 Å². The number of ether oxygens (including phenoxy) is 3. The SMILES string of the molecule is COc1ccc(S(=O)(=O)Nc2ccc(OC)c(F)c2)c(OC)c1. The molecule has 0 aliphatic carbocycles. The summed E-state index contributed by atoms with van der Waals surface area (Å²) < 4.78 is 55.8. The monoisotopic (exact) mass is 341 g/mol. The minimum absolute atomic E-state index is 0.0231. The molecule has 0 heterocycles. The maximum absolute atomic E-state index is 13.7. The zero-order valence-corrected chi connectivity index (χ0v) is 13.6. The first-order chi connectivity index (χ1) is 10.9. The fourth-order valence-corrected chi connectivity index (χ4v) is 3.14. The van der Waals surface area contributed by atoms with Gasteiger partial charge in [-0.05, 0) is 24.3 Å². The number of halogens is 1. The molecule has 23 heavy (non-hydrogen) atoms. The molecule has 2 aromatic rings. The van der Waals surface area contributed by atoms with Gasteiger partial charge in [-0.3, -0.25) is 4.72 Å². The summed E-state index contributed by atoms with van der Waals surface area (Å²) in [5.74, 6) is -0.0773. The molecule has 124 valence electrons. The van der Waals surface area contributed by atoms with Crippen molar-refractivity contribution in [3.8, 4) is 17.2 Å². The van der Waals surface area contributed by atoms with Crippen LogP contribution in [0.2, 0.25) is 0 Å². The maximum atomic E-state index is 13.7. The lowest BCUT2D eigenvalue weighted by molar-refractivity contribution is 0.386. The number of sulfonamides is 1. The first-order valence-electron chi connectivity index (χ1n) is 6.49.